The van der Waals surface area contributed by atoms with Gasteiger partial charge in [-0.25, -0.2) is 8.78 Å². The monoisotopic (exact) mass is 370 g/mol. The number of halogens is 2. The van der Waals surface area contributed by atoms with E-state index in [2.05, 4.69) is 37.1 Å². The lowest BCUT2D eigenvalue weighted by Gasteiger charge is -2.16. The van der Waals surface area contributed by atoms with E-state index in [4.69, 9.17) is 0 Å². The van der Waals surface area contributed by atoms with Crippen LogP contribution in [0, 0.1) is 11.6 Å². The molecule has 0 aliphatic heterocycles. The number of rotatable bonds is 3. The molecule has 0 bridgehead atoms. The Labute approximate surface area is 158 Å². The number of hydrogen-bond donors (Lipinski definition) is 2. The zero-order valence-corrected chi connectivity index (χ0v) is 15.6. The first-order chi connectivity index (χ1) is 12.7. The Hall–Kier alpha value is -2.69. The van der Waals surface area contributed by atoms with Crippen molar-refractivity contribution < 1.29 is 15.0 Å². The summed E-state index contributed by atoms with van der Waals surface area (Å²) < 4.78 is 26.8. The number of anilines is 1. The van der Waals surface area contributed by atoms with Gasteiger partial charge in [0.2, 0.25) is 5.91 Å². The molecule has 1 heterocycles. The molecule has 3 aromatic rings. The number of carbonyl (C=O) groups excluding carboxylic acids is 1. The largest absolute Gasteiger partial charge is 0.358 e. The molecule has 4 rings (SSSR count). The maximum atomic E-state index is 13.6. The third-order valence-electron chi connectivity index (χ3n) is 5.34. The van der Waals surface area contributed by atoms with Gasteiger partial charge in [0.05, 0.1) is 5.41 Å². The molecule has 2 N–H and O–H groups in total. The maximum absolute atomic E-state index is 13.6. The van der Waals surface area contributed by atoms with Crippen LogP contribution in [-0.2, 0) is 15.6 Å². The molecule has 1 saturated carbocycles. The molecule has 1 aliphatic rings. The number of aromatic nitrogens is 1. The second-order valence-electron chi connectivity index (χ2n) is 8.40. The van der Waals surface area contributed by atoms with Gasteiger partial charge in [-0.2, -0.15) is 0 Å². The van der Waals surface area contributed by atoms with Gasteiger partial charge in [-0.15, -0.1) is 0 Å². The van der Waals surface area contributed by atoms with Crippen molar-refractivity contribution in [1.82, 2.24) is 4.98 Å². The van der Waals surface area contributed by atoms with Gasteiger partial charge >= 0.3 is 0 Å². The summed E-state index contributed by atoms with van der Waals surface area (Å²) in [6, 6.07) is 11.5. The summed E-state index contributed by atoms with van der Waals surface area (Å²) in [6.07, 6.45) is 1.26. The number of fused-ring (bicyclic) bond motifs is 1. The summed E-state index contributed by atoms with van der Waals surface area (Å²) in [6.45, 7) is 6.41. The van der Waals surface area contributed by atoms with Crippen LogP contribution in [-0.4, -0.2) is 10.9 Å². The van der Waals surface area contributed by atoms with E-state index >= 15 is 0 Å². The van der Waals surface area contributed by atoms with Crippen LogP contribution in [0.15, 0.2) is 42.5 Å². The normalized spacial score (nSPS) is 15.7. The van der Waals surface area contributed by atoms with Crippen LogP contribution in [0.5, 0.6) is 0 Å². The first-order valence-electron chi connectivity index (χ1n) is 9.09. The van der Waals surface area contributed by atoms with Crippen LogP contribution in [0.25, 0.3) is 10.9 Å². The number of H-pyrrole nitrogens is 1. The van der Waals surface area contributed by atoms with Gasteiger partial charge in [0.25, 0.3) is 0 Å². The van der Waals surface area contributed by atoms with E-state index in [-0.39, 0.29) is 12.7 Å². The van der Waals surface area contributed by atoms with Crippen LogP contribution >= 0.6 is 0 Å². The first kappa shape index (κ1) is 17.7. The lowest BCUT2D eigenvalue weighted by atomic mass is 9.92. The van der Waals surface area contributed by atoms with Gasteiger partial charge < -0.3 is 10.3 Å². The highest BCUT2D eigenvalue weighted by atomic mass is 19.2. The summed E-state index contributed by atoms with van der Waals surface area (Å²) in [7, 11) is 0. The van der Waals surface area contributed by atoms with Gasteiger partial charge in [-0.1, -0.05) is 26.8 Å². The van der Waals surface area contributed by atoms with E-state index in [9.17, 15) is 13.6 Å². The molecule has 1 amide bonds. The Morgan fingerprint density at radius 1 is 1.07 bits per heavy atom. The molecule has 0 radical (unpaired) electrons. The van der Waals surface area contributed by atoms with E-state index in [1.807, 2.05) is 18.2 Å². The summed E-state index contributed by atoms with van der Waals surface area (Å²) in [5.74, 6) is -2.00. The molecule has 5 heteroatoms. The lowest BCUT2D eigenvalue weighted by molar-refractivity contribution is -0.118. The Balaban J connectivity index is 0.00000225. The number of amides is 1. The third-order valence-corrected chi connectivity index (χ3v) is 5.34. The highest BCUT2D eigenvalue weighted by molar-refractivity contribution is 6.02. The minimum atomic E-state index is -0.921. The van der Waals surface area contributed by atoms with Crippen molar-refractivity contribution in [2.24, 2.45) is 0 Å². The Bertz CT molecular complexity index is 1050. The quantitative estimate of drug-likeness (QED) is 0.614. The molecule has 2 aromatic carbocycles. The standard InChI is InChI=1S/C22H22F2N2O.H2/c1-21(2,3)19-11-13-10-15(5-7-18(13)26-19)25-20(27)22(8-9-22)14-4-6-16(23)17(24)12-14;/h4-7,10-12,26H,8-9H2,1-3H3,(H,25,27);1H. The first-order valence-corrected chi connectivity index (χ1v) is 9.09. The van der Waals surface area contributed by atoms with Gasteiger partial charge in [0.15, 0.2) is 11.6 Å². The predicted molar refractivity (Wildman–Crippen MR) is 105 cm³/mol. The second kappa shape index (κ2) is 5.91. The average Bonchev–Trinajstić information content (AvgIpc) is 3.29. The smallest absolute Gasteiger partial charge is 0.235 e. The van der Waals surface area contributed by atoms with Gasteiger partial charge in [-0.05, 0) is 54.8 Å². The van der Waals surface area contributed by atoms with E-state index in [0.717, 1.165) is 28.7 Å². The van der Waals surface area contributed by atoms with Crippen LogP contribution < -0.4 is 5.32 Å². The summed E-state index contributed by atoms with van der Waals surface area (Å²) >= 11 is 0. The van der Waals surface area contributed by atoms with Gasteiger partial charge in [0.1, 0.15) is 0 Å². The van der Waals surface area contributed by atoms with Crippen LogP contribution in [0.2, 0.25) is 0 Å². The highest BCUT2D eigenvalue weighted by Crippen LogP contribution is 2.49. The molecular formula is C22H24F2N2O. The second-order valence-corrected chi connectivity index (χ2v) is 8.40. The van der Waals surface area contributed by atoms with E-state index in [1.165, 1.54) is 6.07 Å². The molecule has 1 aliphatic carbocycles. The van der Waals surface area contributed by atoms with Gasteiger partial charge in [-0.3, -0.25) is 4.79 Å². The fourth-order valence-electron chi connectivity index (χ4n) is 3.43. The van der Waals surface area contributed by atoms with Crippen molar-refractivity contribution >= 4 is 22.5 Å². The topological polar surface area (TPSA) is 44.9 Å². The maximum Gasteiger partial charge on any atom is 0.235 e. The van der Waals surface area contributed by atoms with Crippen molar-refractivity contribution in [2.45, 2.75) is 44.4 Å². The van der Waals surface area contributed by atoms with E-state index in [0.29, 0.717) is 24.1 Å². The lowest BCUT2D eigenvalue weighted by Crippen LogP contribution is -2.28. The Morgan fingerprint density at radius 3 is 2.44 bits per heavy atom. The summed E-state index contributed by atoms with van der Waals surface area (Å²) in [4.78, 5) is 16.3. The van der Waals surface area contributed by atoms with Crippen molar-refractivity contribution in [3.05, 3.63) is 65.4 Å². The van der Waals surface area contributed by atoms with Gasteiger partial charge in [0, 0.05) is 29.1 Å². The van der Waals surface area contributed by atoms with Crippen LogP contribution in [0.3, 0.4) is 0 Å². The predicted octanol–water partition coefficient (Wildman–Crippen LogP) is 5.66. The minimum absolute atomic E-state index is 0. The van der Waals surface area contributed by atoms with Crippen molar-refractivity contribution in [1.29, 1.82) is 0 Å². The average molecular weight is 370 g/mol. The van der Waals surface area contributed by atoms with Crippen molar-refractivity contribution in [3.8, 4) is 0 Å². The fourth-order valence-corrected chi connectivity index (χ4v) is 3.43. The Kier molecular flexibility index (Phi) is 3.88. The number of carbonyl (C=O) groups is 1. The van der Waals surface area contributed by atoms with Crippen molar-refractivity contribution in [3.63, 3.8) is 0 Å². The molecule has 1 aromatic heterocycles. The molecule has 27 heavy (non-hydrogen) atoms. The molecule has 0 unspecified atom stereocenters. The molecule has 0 spiro atoms. The summed E-state index contributed by atoms with van der Waals surface area (Å²) in [5.41, 5.74) is 2.60. The van der Waals surface area contributed by atoms with E-state index in [1.54, 1.807) is 0 Å². The third kappa shape index (κ3) is 3.11. The Morgan fingerprint density at radius 2 is 1.81 bits per heavy atom. The highest BCUT2D eigenvalue weighted by Gasteiger charge is 2.51. The number of benzene rings is 2. The fraction of sp³-hybridized carbons (Fsp3) is 0.318. The molecule has 142 valence electrons. The molecule has 0 atom stereocenters. The summed E-state index contributed by atoms with van der Waals surface area (Å²) in [5, 5.41) is 3.97. The molecule has 1 fully saturated rings. The van der Waals surface area contributed by atoms with Crippen molar-refractivity contribution in [2.75, 3.05) is 5.32 Å². The number of hydrogen-bond acceptors (Lipinski definition) is 1. The minimum Gasteiger partial charge on any atom is -0.358 e. The zero-order chi connectivity index (χ0) is 19.4. The molecule has 3 nitrogen and oxygen atoms in total. The van der Waals surface area contributed by atoms with E-state index < -0.39 is 17.0 Å². The van der Waals surface area contributed by atoms with Crippen LogP contribution in [0.1, 0.15) is 46.3 Å². The SMILES string of the molecule is CC(C)(C)c1cc2cc(NC(=O)C3(c4ccc(F)c(F)c4)CC3)ccc2[nH]1.[HH]. The number of nitrogens with one attached hydrogen (secondary N) is 2. The zero-order valence-electron chi connectivity index (χ0n) is 15.6. The number of aromatic amines is 1. The molecular weight excluding hydrogens is 346 g/mol. The molecule has 0 saturated heterocycles. The van der Waals surface area contributed by atoms with Crippen LogP contribution in [0.4, 0.5) is 14.5 Å².